The quantitative estimate of drug-likeness (QED) is 0.652. The van der Waals surface area contributed by atoms with Gasteiger partial charge in [0.1, 0.15) is 11.6 Å². The van der Waals surface area contributed by atoms with Gasteiger partial charge in [0.25, 0.3) is 0 Å². The average Bonchev–Trinajstić information content (AvgIpc) is 2.99. The first-order chi connectivity index (χ1) is 12.5. The van der Waals surface area contributed by atoms with Crippen LogP contribution < -0.4 is 5.32 Å². The number of halogens is 2. The summed E-state index contributed by atoms with van der Waals surface area (Å²) in [5.74, 6) is -0.0342. The summed E-state index contributed by atoms with van der Waals surface area (Å²) in [5, 5.41) is 11.2. The largest absolute Gasteiger partial charge is 0.325 e. The van der Waals surface area contributed by atoms with E-state index in [2.05, 4.69) is 15.5 Å². The topological polar surface area (TPSA) is 59.8 Å². The van der Waals surface area contributed by atoms with Gasteiger partial charge in [0.15, 0.2) is 5.16 Å². The molecule has 0 bridgehead atoms. The van der Waals surface area contributed by atoms with Crippen molar-refractivity contribution < 1.29 is 9.18 Å². The Balaban J connectivity index is 1.75. The number of aromatic nitrogens is 3. The van der Waals surface area contributed by atoms with E-state index in [0.29, 0.717) is 10.8 Å². The minimum atomic E-state index is -0.529. The number of rotatable bonds is 5. The van der Waals surface area contributed by atoms with Gasteiger partial charge in [0.05, 0.1) is 10.3 Å². The van der Waals surface area contributed by atoms with E-state index in [9.17, 15) is 9.18 Å². The lowest BCUT2D eigenvalue weighted by molar-refractivity contribution is -0.115. The summed E-state index contributed by atoms with van der Waals surface area (Å²) in [4.78, 5) is 12.4. The second-order valence-corrected chi connectivity index (χ2v) is 7.29. The third-order valence-corrected chi connectivity index (χ3v) is 4.98. The number of thioether (sulfide) groups is 1. The van der Waals surface area contributed by atoms with E-state index in [4.69, 9.17) is 11.6 Å². The number of hydrogen-bond acceptors (Lipinski definition) is 4. The van der Waals surface area contributed by atoms with Gasteiger partial charge in [-0.3, -0.25) is 9.36 Å². The molecular weight excluding hydrogens is 375 g/mol. The molecule has 0 radical (unpaired) electrons. The van der Waals surface area contributed by atoms with E-state index >= 15 is 0 Å². The number of amides is 1. The third kappa shape index (κ3) is 4.05. The molecule has 134 valence electrons. The number of anilines is 1. The van der Waals surface area contributed by atoms with Crippen molar-refractivity contribution in [2.24, 2.45) is 0 Å². The highest BCUT2D eigenvalue weighted by Crippen LogP contribution is 2.27. The Bertz CT molecular complexity index is 932. The second-order valence-electron chi connectivity index (χ2n) is 5.58. The summed E-state index contributed by atoms with van der Waals surface area (Å²) in [6.07, 6.45) is 0. The van der Waals surface area contributed by atoms with E-state index in [0.717, 1.165) is 11.5 Å². The Kier molecular flexibility index (Phi) is 5.58. The van der Waals surface area contributed by atoms with E-state index in [1.165, 1.54) is 30.0 Å². The summed E-state index contributed by atoms with van der Waals surface area (Å²) in [6, 6.07) is 13.7. The fourth-order valence-electron chi connectivity index (χ4n) is 2.32. The highest BCUT2D eigenvalue weighted by molar-refractivity contribution is 8.00. The summed E-state index contributed by atoms with van der Waals surface area (Å²) in [6.45, 7) is 3.62. The maximum absolute atomic E-state index is 13.2. The van der Waals surface area contributed by atoms with Gasteiger partial charge in [-0.1, -0.05) is 41.6 Å². The average molecular weight is 391 g/mol. The van der Waals surface area contributed by atoms with Crippen molar-refractivity contribution in [2.45, 2.75) is 24.3 Å². The molecular formula is C18H16ClFN4OS. The van der Waals surface area contributed by atoms with E-state index < -0.39 is 11.1 Å². The van der Waals surface area contributed by atoms with Gasteiger partial charge in [0, 0.05) is 11.4 Å². The predicted octanol–water partition coefficient (Wildman–Crippen LogP) is 4.49. The Morgan fingerprint density at radius 2 is 1.96 bits per heavy atom. The summed E-state index contributed by atoms with van der Waals surface area (Å²) in [7, 11) is 0. The van der Waals surface area contributed by atoms with Gasteiger partial charge in [-0.25, -0.2) is 4.39 Å². The first-order valence-electron chi connectivity index (χ1n) is 7.85. The van der Waals surface area contributed by atoms with Crippen molar-refractivity contribution in [1.82, 2.24) is 14.8 Å². The van der Waals surface area contributed by atoms with Crippen LogP contribution in [0.3, 0.4) is 0 Å². The lowest BCUT2D eigenvalue weighted by Crippen LogP contribution is -2.23. The number of para-hydroxylation sites is 1. The molecule has 1 N–H and O–H groups in total. The van der Waals surface area contributed by atoms with Gasteiger partial charge in [0.2, 0.25) is 5.91 Å². The van der Waals surface area contributed by atoms with Gasteiger partial charge >= 0.3 is 0 Å². The molecule has 0 aliphatic heterocycles. The minimum Gasteiger partial charge on any atom is -0.325 e. The molecule has 8 heteroatoms. The van der Waals surface area contributed by atoms with Crippen LogP contribution in [-0.2, 0) is 4.79 Å². The van der Waals surface area contributed by atoms with Crippen molar-refractivity contribution in [3.63, 3.8) is 0 Å². The Morgan fingerprint density at radius 3 is 2.65 bits per heavy atom. The Morgan fingerprint density at radius 1 is 1.23 bits per heavy atom. The van der Waals surface area contributed by atoms with Crippen LogP contribution in [0.2, 0.25) is 5.02 Å². The first-order valence-corrected chi connectivity index (χ1v) is 9.11. The van der Waals surface area contributed by atoms with Crippen LogP contribution in [0, 0.1) is 12.7 Å². The molecule has 0 fully saturated rings. The van der Waals surface area contributed by atoms with Crippen LogP contribution in [0.4, 0.5) is 10.1 Å². The number of carbonyl (C=O) groups excluding carboxylic acids is 1. The summed E-state index contributed by atoms with van der Waals surface area (Å²) < 4.78 is 15.1. The van der Waals surface area contributed by atoms with Crippen molar-refractivity contribution in [2.75, 3.05) is 5.32 Å². The van der Waals surface area contributed by atoms with Crippen molar-refractivity contribution >= 4 is 35.0 Å². The molecule has 3 aromatic rings. The van der Waals surface area contributed by atoms with Crippen molar-refractivity contribution in [1.29, 1.82) is 0 Å². The number of nitrogens with zero attached hydrogens (tertiary/aromatic N) is 3. The van der Waals surface area contributed by atoms with Crippen LogP contribution in [0.15, 0.2) is 53.7 Å². The monoisotopic (exact) mass is 390 g/mol. The molecule has 0 aliphatic rings. The third-order valence-electron chi connectivity index (χ3n) is 3.65. The van der Waals surface area contributed by atoms with Crippen LogP contribution in [-0.4, -0.2) is 25.9 Å². The van der Waals surface area contributed by atoms with Gasteiger partial charge in [-0.15, -0.1) is 10.2 Å². The molecule has 2 aromatic carbocycles. The maximum Gasteiger partial charge on any atom is 0.237 e. The number of carbonyl (C=O) groups is 1. The molecule has 5 nitrogen and oxygen atoms in total. The maximum atomic E-state index is 13.2. The zero-order chi connectivity index (χ0) is 18.7. The normalized spacial score (nSPS) is 12.0. The summed E-state index contributed by atoms with van der Waals surface area (Å²) in [5.41, 5.74) is 1.37. The molecule has 0 aliphatic carbocycles. The summed E-state index contributed by atoms with van der Waals surface area (Å²) >= 11 is 7.04. The van der Waals surface area contributed by atoms with E-state index in [-0.39, 0.29) is 10.9 Å². The predicted molar refractivity (Wildman–Crippen MR) is 101 cm³/mol. The van der Waals surface area contributed by atoms with Crippen molar-refractivity contribution in [3.8, 4) is 5.69 Å². The molecule has 3 rings (SSSR count). The lowest BCUT2D eigenvalue weighted by atomic mass is 10.3. The highest BCUT2D eigenvalue weighted by Gasteiger charge is 2.20. The molecule has 0 spiro atoms. The molecule has 1 atom stereocenters. The molecule has 0 unspecified atom stereocenters. The van der Waals surface area contributed by atoms with Crippen molar-refractivity contribution in [3.05, 3.63) is 65.2 Å². The zero-order valence-corrected chi connectivity index (χ0v) is 15.7. The van der Waals surface area contributed by atoms with Gasteiger partial charge in [-0.05, 0) is 44.2 Å². The fourth-order valence-corrected chi connectivity index (χ4v) is 3.42. The molecule has 0 saturated heterocycles. The lowest BCUT2D eigenvalue weighted by Gasteiger charge is -2.13. The number of aryl methyl sites for hydroxylation is 1. The Hall–Kier alpha value is -2.38. The van der Waals surface area contributed by atoms with Crippen LogP contribution in [0.5, 0.6) is 0 Å². The zero-order valence-electron chi connectivity index (χ0n) is 14.1. The standard InChI is InChI=1S/C18H16ClFN4OS/c1-11(17(25)21-13-8-9-16(20)15(19)10-13)26-18-23-22-12(2)24(18)14-6-4-3-5-7-14/h3-11H,1-2H3,(H,21,25)/t11-/m0/s1. The highest BCUT2D eigenvalue weighted by atomic mass is 35.5. The molecule has 0 saturated carbocycles. The van der Waals surface area contributed by atoms with E-state index in [1.807, 2.05) is 41.8 Å². The molecule has 1 aromatic heterocycles. The minimum absolute atomic E-state index is 0.0393. The molecule has 1 amide bonds. The van der Waals surface area contributed by atoms with Gasteiger partial charge in [-0.2, -0.15) is 0 Å². The molecule has 1 heterocycles. The van der Waals surface area contributed by atoms with Crippen LogP contribution in [0.25, 0.3) is 5.69 Å². The second kappa shape index (κ2) is 7.88. The van der Waals surface area contributed by atoms with E-state index in [1.54, 1.807) is 6.92 Å². The number of benzene rings is 2. The fraction of sp³-hybridized carbons (Fsp3) is 0.167. The smallest absolute Gasteiger partial charge is 0.237 e. The first kappa shape index (κ1) is 18.4. The Labute approximate surface area is 159 Å². The van der Waals surface area contributed by atoms with Gasteiger partial charge < -0.3 is 5.32 Å². The number of hydrogen-bond donors (Lipinski definition) is 1. The SMILES string of the molecule is Cc1nnc(S[C@@H](C)C(=O)Nc2ccc(F)c(Cl)c2)n1-c1ccccc1. The van der Waals surface area contributed by atoms with Crippen LogP contribution in [0.1, 0.15) is 12.7 Å². The van der Waals surface area contributed by atoms with Crippen LogP contribution >= 0.6 is 23.4 Å². The number of nitrogens with one attached hydrogen (secondary N) is 1. The molecule has 26 heavy (non-hydrogen) atoms.